The highest BCUT2D eigenvalue weighted by molar-refractivity contribution is 6.02. The van der Waals surface area contributed by atoms with Crippen molar-refractivity contribution in [2.45, 2.75) is 6.04 Å². The number of β-amino-alcohol motifs (C(OH)–C–C–N with tert-alkyl or cyclic N) is 1. The number of benzene rings is 2. The first-order chi connectivity index (χ1) is 16.6. The third kappa shape index (κ3) is 5.38. The molecular weight excluding hydrogens is 430 g/mol. The van der Waals surface area contributed by atoms with Crippen LogP contribution in [0.1, 0.15) is 11.6 Å². The fraction of sp³-hybridized carbons (Fsp3) is 0.280. The van der Waals surface area contributed by atoms with E-state index in [1.165, 1.54) is 0 Å². The number of aliphatic hydroxyl groups is 1. The summed E-state index contributed by atoms with van der Waals surface area (Å²) in [6.45, 7) is 2.86. The van der Waals surface area contributed by atoms with E-state index in [4.69, 9.17) is 5.41 Å². The zero-order valence-electron chi connectivity index (χ0n) is 19.2. The van der Waals surface area contributed by atoms with Crippen LogP contribution >= 0.6 is 0 Å². The van der Waals surface area contributed by atoms with Crippen molar-refractivity contribution in [2.24, 2.45) is 0 Å². The standard InChI is InChI=1S/C25H31N7O2/c1-27-24(21-10-11-28-23(21)26)32-13-12-31(14-15-33)22(17-32)18-6-5-9-20(16-18)30-25(34)29-19-7-3-2-4-8-19/h2-11,16,22,27,33H,12-15,17H2,1H3,(H2,26,28)(H2,29,30,34)/b24-21+. The second-order valence-electron chi connectivity index (χ2n) is 8.16. The molecule has 1 unspecified atom stereocenters. The predicted octanol–water partition coefficient (Wildman–Crippen LogP) is 2.51. The number of carbonyl (C=O) groups excluding carboxylic acids is 1. The number of para-hydroxylation sites is 1. The molecule has 6 N–H and O–H groups in total. The maximum Gasteiger partial charge on any atom is 0.323 e. The van der Waals surface area contributed by atoms with E-state index in [0.29, 0.717) is 24.6 Å². The third-order valence-electron chi connectivity index (χ3n) is 5.99. The molecule has 2 aromatic rings. The molecule has 9 heteroatoms. The molecule has 178 valence electrons. The van der Waals surface area contributed by atoms with Crippen LogP contribution in [0.2, 0.25) is 0 Å². The van der Waals surface area contributed by atoms with Gasteiger partial charge >= 0.3 is 6.03 Å². The molecule has 0 saturated carbocycles. The van der Waals surface area contributed by atoms with E-state index in [2.05, 4.69) is 31.1 Å². The fourth-order valence-corrected chi connectivity index (χ4v) is 4.40. The van der Waals surface area contributed by atoms with Crippen molar-refractivity contribution in [3.05, 3.63) is 83.8 Å². The average molecular weight is 462 g/mol. The van der Waals surface area contributed by atoms with Gasteiger partial charge in [-0.1, -0.05) is 30.3 Å². The van der Waals surface area contributed by atoms with Crippen molar-refractivity contribution in [3.8, 4) is 0 Å². The number of hydrogen-bond donors (Lipinski definition) is 6. The van der Waals surface area contributed by atoms with Crippen molar-refractivity contribution in [1.82, 2.24) is 20.4 Å². The number of nitrogens with one attached hydrogen (secondary N) is 5. The van der Waals surface area contributed by atoms with Crippen LogP contribution in [0, 0.1) is 5.41 Å². The van der Waals surface area contributed by atoms with E-state index in [0.717, 1.165) is 35.7 Å². The maximum absolute atomic E-state index is 12.5. The van der Waals surface area contributed by atoms with E-state index in [-0.39, 0.29) is 18.7 Å². The number of amidine groups is 1. The second-order valence-corrected chi connectivity index (χ2v) is 8.16. The van der Waals surface area contributed by atoms with Gasteiger partial charge in [0, 0.05) is 50.8 Å². The summed E-state index contributed by atoms with van der Waals surface area (Å²) < 4.78 is 0. The largest absolute Gasteiger partial charge is 0.395 e. The number of aliphatic hydroxyl groups excluding tert-OH is 1. The van der Waals surface area contributed by atoms with Gasteiger partial charge in [0.2, 0.25) is 0 Å². The number of hydrogen-bond acceptors (Lipinski definition) is 6. The summed E-state index contributed by atoms with van der Waals surface area (Å²) in [6.07, 6.45) is 3.67. The van der Waals surface area contributed by atoms with Gasteiger partial charge in [-0.05, 0) is 35.9 Å². The number of anilines is 2. The first kappa shape index (κ1) is 23.3. The number of urea groups is 1. The summed E-state index contributed by atoms with van der Waals surface area (Å²) in [5.41, 5.74) is 3.29. The third-order valence-corrected chi connectivity index (χ3v) is 5.99. The number of rotatable bonds is 7. The molecule has 9 nitrogen and oxygen atoms in total. The monoisotopic (exact) mass is 461 g/mol. The maximum atomic E-state index is 12.5. The molecule has 4 rings (SSSR count). The van der Waals surface area contributed by atoms with Crippen LogP contribution in [0.15, 0.2) is 78.3 Å². The van der Waals surface area contributed by atoms with Crippen LogP contribution in [0.4, 0.5) is 16.2 Å². The predicted molar refractivity (Wildman–Crippen MR) is 135 cm³/mol. The van der Waals surface area contributed by atoms with Crippen LogP contribution in [-0.4, -0.2) is 66.6 Å². The van der Waals surface area contributed by atoms with E-state index in [9.17, 15) is 9.90 Å². The van der Waals surface area contributed by atoms with Crippen molar-refractivity contribution >= 4 is 23.2 Å². The molecular formula is C25H31N7O2. The minimum absolute atomic E-state index is 0.0105. The molecule has 34 heavy (non-hydrogen) atoms. The normalized spacial score (nSPS) is 19.5. The lowest BCUT2D eigenvalue weighted by atomic mass is 10.0. The van der Waals surface area contributed by atoms with E-state index >= 15 is 0 Å². The molecule has 2 aromatic carbocycles. The molecule has 0 bridgehead atoms. The fourth-order valence-electron chi connectivity index (χ4n) is 4.40. The number of nitrogens with zero attached hydrogens (tertiary/aromatic N) is 2. The molecule has 0 radical (unpaired) electrons. The Kier molecular flexibility index (Phi) is 7.46. The van der Waals surface area contributed by atoms with Gasteiger partial charge in [0.25, 0.3) is 0 Å². The molecule has 1 atom stereocenters. The SMILES string of the molecule is CN/C(=C1/C=CNC1=N)N1CCN(CCO)C(c2cccc(NC(=O)Nc3ccccc3)c2)C1. The minimum atomic E-state index is -0.304. The van der Waals surface area contributed by atoms with Gasteiger partial charge in [0.05, 0.1) is 18.2 Å². The van der Waals surface area contributed by atoms with E-state index < -0.39 is 0 Å². The number of piperazine rings is 1. The lowest BCUT2D eigenvalue weighted by Crippen LogP contribution is -2.50. The smallest absolute Gasteiger partial charge is 0.323 e. The van der Waals surface area contributed by atoms with Gasteiger partial charge < -0.3 is 31.3 Å². The van der Waals surface area contributed by atoms with Crippen LogP contribution in [0.25, 0.3) is 0 Å². The summed E-state index contributed by atoms with van der Waals surface area (Å²) in [5, 5.41) is 29.7. The summed E-state index contributed by atoms with van der Waals surface area (Å²) in [5.74, 6) is 1.27. The summed E-state index contributed by atoms with van der Waals surface area (Å²) in [4.78, 5) is 17.0. The Labute approximate surface area is 199 Å². The highest BCUT2D eigenvalue weighted by atomic mass is 16.3. The Morgan fingerprint density at radius 3 is 2.59 bits per heavy atom. The Balaban J connectivity index is 1.53. The van der Waals surface area contributed by atoms with Gasteiger partial charge in [0.15, 0.2) is 0 Å². The highest BCUT2D eigenvalue weighted by Gasteiger charge is 2.30. The van der Waals surface area contributed by atoms with Gasteiger partial charge in [-0.3, -0.25) is 10.3 Å². The molecule has 2 aliphatic heterocycles. The van der Waals surface area contributed by atoms with Crippen molar-refractivity contribution in [2.75, 3.05) is 50.5 Å². The Morgan fingerprint density at radius 1 is 1.12 bits per heavy atom. The van der Waals surface area contributed by atoms with E-state index in [1.54, 1.807) is 6.20 Å². The topological polar surface area (TPSA) is 116 Å². The Bertz CT molecular complexity index is 1080. The summed E-state index contributed by atoms with van der Waals surface area (Å²) in [7, 11) is 1.87. The Morgan fingerprint density at radius 2 is 1.88 bits per heavy atom. The molecule has 2 amide bonds. The summed E-state index contributed by atoms with van der Waals surface area (Å²) in [6, 6.07) is 16.8. The Hall–Kier alpha value is -3.82. The van der Waals surface area contributed by atoms with Crippen LogP contribution < -0.4 is 21.3 Å². The highest BCUT2D eigenvalue weighted by Crippen LogP contribution is 2.29. The molecule has 0 spiro atoms. The summed E-state index contributed by atoms with van der Waals surface area (Å²) >= 11 is 0. The molecule has 0 aliphatic carbocycles. The lowest BCUT2D eigenvalue weighted by molar-refractivity contribution is 0.0729. The second kappa shape index (κ2) is 10.9. The van der Waals surface area contributed by atoms with Crippen LogP contribution in [0.5, 0.6) is 0 Å². The first-order valence-electron chi connectivity index (χ1n) is 11.4. The van der Waals surface area contributed by atoms with Gasteiger partial charge in [-0.25, -0.2) is 4.79 Å². The van der Waals surface area contributed by atoms with Crippen molar-refractivity contribution in [3.63, 3.8) is 0 Å². The van der Waals surface area contributed by atoms with Gasteiger partial charge in [-0.2, -0.15) is 0 Å². The minimum Gasteiger partial charge on any atom is -0.395 e. The van der Waals surface area contributed by atoms with E-state index in [1.807, 2.05) is 67.7 Å². The lowest BCUT2D eigenvalue weighted by Gasteiger charge is -2.43. The number of amides is 2. The van der Waals surface area contributed by atoms with Gasteiger partial charge in [0.1, 0.15) is 11.7 Å². The zero-order chi connectivity index (χ0) is 23.9. The molecule has 1 saturated heterocycles. The first-order valence-corrected chi connectivity index (χ1v) is 11.4. The number of carbonyl (C=O) groups is 1. The molecule has 2 aliphatic rings. The van der Waals surface area contributed by atoms with Gasteiger partial charge in [-0.15, -0.1) is 0 Å². The molecule has 1 fully saturated rings. The quantitative estimate of drug-likeness (QED) is 0.378. The molecule has 0 aromatic heterocycles. The molecule has 2 heterocycles. The van der Waals surface area contributed by atoms with Crippen LogP contribution in [0.3, 0.4) is 0 Å². The zero-order valence-corrected chi connectivity index (χ0v) is 19.2. The average Bonchev–Trinajstić information content (AvgIpc) is 3.27. The van der Waals surface area contributed by atoms with Crippen molar-refractivity contribution < 1.29 is 9.90 Å². The van der Waals surface area contributed by atoms with Crippen molar-refractivity contribution in [1.29, 1.82) is 5.41 Å². The van der Waals surface area contributed by atoms with Crippen LogP contribution in [-0.2, 0) is 0 Å².